The van der Waals surface area contributed by atoms with Crippen molar-refractivity contribution in [3.05, 3.63) is 108 Å². The molecule has 2 aromatic heterocycles. The Hall–Kier alpha value is -2.95. The lowest BCUT2D eigenvalue weighted by Gasteiger charge is -2.06. The first-order valence-electron chi connectivity index (χ1n) is 9.79. The third-order valence-corrected chi connectivity index (χ3v) is 6.60. The average molecular weight is 430 g/mol. The Labute approximate surface area is 184 Å². The lowest BCUT2D eigenvalue weighted by Crippen LogP contribution is -2.00. The second kappa shape index (κ2) is 8.05. The van der Waals surface area contributed by atoms with E-state index in [2.05, 4.69) is 77.4 Å². The summed E-state index contributed by atoms with van der Waals surface area (Å²) in [5.74, 6) is 0. The van der Waals surface area contributed by atoms with Crippen LogP contribution >= 0.6 is 23.4 Å². The van der Waals surface area contributed by atoms with Crippen molar-refractivity contribution in [2.24, 2.45) is 0 Å². The Kier molecular flexibility index (Phi) is 5.11. The van der Waals surface area contributed by atoms with E-state index in [1.807, 2.05) is 35.1 Å². The number of benzene rings is 3. The van der Waals surface area contributed by atoms with Gasteiger partial charge >= 0.3 is 0 Å². The smallest absolute Gasteiger partial charge is 0.0841 e. The van der Waals surface area contributed by atoms with Gasteiger partial charge in [0.25, 0.3) is 0 Å². The second-order valence-electron chi connectivity index (χ2n) is 7.21. The molecule has 0 bridgehead atoms. The molecule has 3 nitrogen and oxygen atoms in total. The highest BCUT2D eigenvalue weighted by atomic mass is 35.5. The molecule has 0 aliphatic rings. The molecular formula is C25H20ClN3S. The molecule has 0 atom stereocenters. The van der Waals surface area contributed by atoms with E-state index in [1.165, 1.54) is 26.4 Å². The number of nitrogens with zero attached hydrogens (tertiary/aromatic N) is 3. The highest BCUT2D eigenvalue weighted by Gasteiger charge is 2.18. The van der Waals surface area contributed by atoms with E-state index in [0.29, 0.717) is 0 Å². The summed E-state index contributed by atoms with van der Waals surface area (Å²) in [7, 11) is 0. The molecule has 5 rings (SSSR count). The first-order chi connectivity index (χ1) is 14.7. The lowest BCUT2D eigenvalue weighted by molar-refractivity contribution is 0.686. The number of rotatable bonds is 5. The third kappa shape index (κ3) is 3.64. The van der Waals surface area contributed by atoms with Crippen molar-refractivity contribution in [3.8, 4) is 5.69 Å². The van der Waals surface area contributed by atoms with E-state index in [4.69, 9.17) is 11.6 Å². The molecule has 0 radical (unpaired) electrons. The standard InChI is InChI=1S/C25H20ClN3S/c1-18-25(30-22-10-6-3-7-11-22)23-13-12-20(26)14-24(23)29(18)21-15-27-28(17-21)16-19-8-4-2-5-9-19/h2-15,17H,16H2,1H3. The molecule has 0 aliphatic carbocycles. The highest BCUT2D eigenvalue weighted by Crippen LogP contribution is 2.40. The first-order valence-corrected chi connectivity index (χ1v) is 11.0. The van der Waals surface area contributed by atoms with Crippen LogP contribution in [0.25, 0.3) is 16.6 Å². The van der Waals surface area contributed by atoms with Gasteiger partial charge in [0.15, 0.2) is 0 Å². The van der Waals surface area contributed by atoms with Crippen molar-refractivity contribution in [1.82, 2.24) is 14.3 Å². The molecule has 5 aromatic rings. The quantitative estimate of drug-likeness (QED) is 0.300. The van der Waals surface area contributed by atoms with Crippen LogP contribution in [0.4, 0.5) is 0 Å². The fraction of sp³-hybridized carbons (Fsp3) is 0.0800. The molecule has 0 aliphatic heterocycles. The number of halogens is 1. The van der Waals surface area contributed by atoms with Gasteiger partial charge < -0.3 is 4.57 Å². The van der Waals surface area contributed by atoms with Crippen molar-refractivity contribution in [3.63, 3.8) is 0 Å². The fourth-order valence-corrected chi connectivity index (χ4v) is 4.97. The zero-order chi connectivity index (χ0) is 20.5. The minimum absolute atomic E-state index is 0.731. The van der Waals surface area contributed by atoms with E-state index < -0.39 is 0 Å². The van der Waals surface area contributed by atoms with Gasteiger partial charge in [-0.25, -0.2) is 0 Å². The molecule has 3 aromatic carbocycles. The summed E-state index contributed by atoms with van der Waals surface area (Å²) in [6, 6.07) is 26.9. The van der Waals surface area contributed by atoms with E-state index in [-0.39, 0.29) is 0 Å². The van der Waals surface area contributed by atoms with E-state index in [9.17, 15) is 0 Å². The SMILES string of the molecule is Cc1c(Sc2ccccc2)c2ccc(Cl)cc2n1-c1cnn(Cc2ccccc2)c1. The Balaban J connectivity index is 1.59. The van der Waals surface area contributed by atoms with Crippen LogP contribution < -0.4 is 0 Å². The summed E-state index contributed by atoms with van der Waals surface area (Å²) in [5.41, 5.74) is 4.54. The summed E-state index contributed by atoms with van der Waals surface area (Å²) in [4.78, 5) is 2.46. The van der Waals surface area contributed by atoms with Crippen LogP contribution in [0.5, 0.6) is 0 Å². The Morgan fingerprint density at radius 2 is 1.67 bits per heavy atom. The maximum absolute atomic E-state index is 6.37. The minimum Gasteiger partial charge on any atom is -0.310 e. The molecule has 0 N–H and O–H groups in total. The van der Waals surface area contributed by atoms with Gasteiger partial charge in [0.2, 0.25) is 0 Å². The molecule has 0 saturated carbocycles. The van der Waals surface area contributed by atoms with Crippen LogP contribution in [0, 0.1) is 6.92 Å². The van der Waals surface area contributed by atoms with Crippen molar-refractivity contribution in [1.29, 1.82) is 0 Å². The van der Waals surface area contributed by atoms with Crippen LogP contribution in [-0.2, 0) is 6.54 Å². The number of hydrogen-bond donors (Lipinski definition) is 0. The second-order valence-corrected chi connectivity index (χ2v) is 8.73. The van der Waals surface area contributed by atoms with Gasteiger partial charge in [0, 0.05) is 32.1 Å². The average Bonchev–Trinajstić information content (AvgIpc) is 3.31. The van der Waals surface area contributed by atoms with Gasteiger partial charge in [0.1, 0.15) is 0 Å². The molecule has 0 spiro atoms. The lowest BCUT2D eigenvalue weighted by atomic mass is 10.2. The van der Waals surface area contributed by atoms with Crippen molar-refractivity contribution in [2.45, 2.75) is 23.3 Å². The van der Waals surface area contributed by atoms with Gasteiger partial charge in [-0.05, 0) is 36.8 Å². The number of fused-ring (bicyclic) bond motifs is 1. The van der Waals surface area contributed by atoms with Gasteiger partial charge in [0.05, 0.1) is 23.9 Å². The molecule has 0 saturated heterocycles. The summed E-state index contributed by atoms with van der Waals surface area (Å²) in [6.45, 7) is 2.90. The van der Waals surface area contributed by atoms with Crippen molar-refractivity contribution >= 4 is 34.3 Å². The van der Waals surface area contributed by atoms with Crippen molar-refractivity contribution in [2.75, 3.05) is 0 Å². The van der Waals surface area contributed by atoms with Gasteiger partial charge in [-0.1, -0.05) is 78.0 Å². The fourth-order valence-electron chi connectivity index (χ4n) is 3.75. The third-order valence-electron chi connectivity index (χ3n) is 5.14. The highest BCUT2D eigenvalue weighted by molar-refractivity contribution is 7.99. The predicted molar refractivity (Wildman–Crippen MR) is 125 cm³/mol. The van der Waals surface area contributed by atoms with Crippen LogP contribution in [-0.4, -0.2) is 14.3 Å². The van der Waals surface area contributed by atoms with Crippen LogP contribution in [0.2, 0.25) is 5.02 Å². The van der Waals surface area contributed by atoms with E-state index in [1.54, 1.807) is 11.8 Å². The molecule has 2 heterocycles. The zero-order valence-electron chi connectivity index (χ0n) is 16.5. The topological polar surface area (TPSA) is 22.8 Å². The van der Waals surface area contributed by atoms with E-state index in [0.717, 1.165) is 22.8 Å². The number of aromatic nitrogens is 3. The van der Waals surface area contributed by atoms with E-state index >= 15 is 0 Å². The van der Waals surface area contributed by atoms with Gasteiger partial charge in [-0.15, -0.1) is 0 Å². The van der Waals surface area contributed by atoms with Gasteiger partial charge in [-0.2, -0.15) is 5.10 Å². The van der Waals surface area contributed by atoms with Gasteiger partial charge in [-0.3, -0.25) is 4.68 Å². The van der Waals surface area contributed by atoms with Crippen LogP contribution in [0.3, 0.4) is 0 Å². The Bertz CT molecular complexity index is 1310. The molecule has 0 amide bonds. The molecule has 148 valence electrons. The summed E-state index contributed by atoms with van der Waals surface area (Å²) in [5, 5.41) is 6.53. The molecule has 0 fully saturated rings. The normalized spacial score (nSPS) is 11.3. The van der Waals surface area contributed by atoms with Crippen LogP contribution in [0.15, 0.2) is 101 Å². The molecule has 5 heteroatoms. The van der Waals surface area contributed by atoms with Crippen molar-refractivity contribution < 1.29 is 0 Å². The Morgan fingerprint density at radius 3 is 2.43 bits per heavy atom. The van der Waals surface area contributed by atoms with Crippen LogP contribution in [0.1, 0.15) is 11.3 Å². The first kappa shape index (κ1) is 19.0. The molecular weight excluding hydrogens is 410 g/mol. The monoisotopic (exact) mass is 429 g/mol. The molecule has 0 unspecified atom stereocenters. The molecule has 30 heavy (non-hydrogen) atoms. The summed E-state index contributed by atoms with van der Waals surface area (Å²) < 4.78 is 4.23. The zero-order valence-corrected chi connectivity index (χ0v) is 18.1. The maximum atomic E-state index is 6.37. The predicted octanol–water partition coefficient (Wildman–Crippen LogP) is 6.99. The summed E-state index contributed by atoms with van der Waals surface area (Å²) >= 11 is 8.15. The minimum atomic E-state index is 0.731. The summed E-state index contributed by atoms with van der Waals surface area (Å²) in [6.07, 6.45) is 4.02. The largest absolute Gasteiger partial charge is 0.310 e. The number of hydrogen-bond acceptors (Lipinski definition) is 2. The Morgan fingerprint density at radius 1 is 0.933 bits per heavy atom. The maximum Gasteiger partial charge on any atom is 0.0841 e.